The summed E-state index contributed by atoms with van der Waals surface area (Å²) in [7, 11) is 1.91. The average molecular weight is 265 g/mol. The van der Waals surface area contributed by atoms with E-state index in [9.17, 15) is 4.39 Å². The molecule has 18 heavy (non-hydrogen) atoms. The lowest BCUT2D eigenvalue weighted by Gasteiger charge is -2.16. The van der Waals surface area contributed by atoms with E-state index in [-0.39, 0.29) is 5.82 Å². The molecule has 0 aliphatic carbocycles. The van der Waals surface area contributed by atoms with E-state index in [1.807, 2.05) is 24.9 Å². The van der Waals surface area contributed by atoms with E-state index in [1.165, 1.54) is 6.07 Å². The second-order valence-electron chi connectivity index (χ2n) is 4.16. The third-order valence-corrected chi connectivity index (χ3v) is 4.05. The minimum absolute atomic E-state index is 0.184. The molecule has 96 valence electrons. The lowest BCUT2D eigenvalue weighted by atomic mass is 10.2. The maximum absolute atomic E-state index is 13.6. The molecule has 0 fully saturated rings. The van der Waals surface area contributed by atoms with Gasteiger partial charge in [-0.15, -0.1) is 11.3 Å². The molecule has 2 rings (SSSR count). The molecule has 1 aromatic heterocycles. The smallest absolute Gasteiger partial charge is 0.185 e. The molecule has 0 saturated heterocycles. The van der Waals surface area contributed by atoms with Crippen molar-refractivity contribution in [1.82, 2.24) is 4.98 Å². The summed E-state index contributed by atoms with van der Waals surface area (Å²) in [5.74, 6) is -0.184. The van der Waals surface area contributed by atoms with Crippen molar-refractivity contribution in [2.75, 3.05) is 11.9 Å². The van der Waals surface area contributed by atoms with Crippen molar-refractivity contribution < 1.29 is 4.39 Å². The summed E-state index contributed by atoms with van der Waals surface area (Å²) in [6, 6.07) is 6.79. The number of halogens is 1. The van der Waals surface area contributed by atoms with Gasteiger partial charge in [-0.3, -0.25) is 0 Å². The summed E-state index contributed by atoms with van der Waals surface area (Å²) >= 11 is 1.56. The van der Waals surface area contributed by atoms with Crippen LogP contribution in [0.4, 0.5) is 9.52 Å². The first-order chi connectivity index (χ1) is 8.61. The minimum atomic E-state index is -0.184. The zero-order chi connectivity index (χ0) is 13.1. The van der Waals surface area contributed by atoms with Gasteiger partial charge in [0.05, 0.1) is 5.69 Å². The van der Waals surface area contributed by atoms with Crippen LogP contribution in [0, 0.1) is 12.7 Å². The lowest BCUT2D eigenvalue weighted by Crippen LogP contribution is -2.16. The molecular formula is C13H16FN3S. The van der Waals surface area contributed by atoms with Crippen LogP contribution in [0.1, 0.15) is 16.1 Å². The van der Waals surface area contributed by atoms with Gasteiger partial charge in [-0.05, 0) is 13.0 Å². The Hall–Kier alpha value is -1.46. The predicted molar refractivity (Wildman–Crippen MR) is 73.2 cm³/mol. The molecule has 2 N–H and O–H groups in total. The number of aryl methyl sites for hydroxylation is 1. The van der Waals surface area contributed by atoms with Gasteiger partial charge >= 0.3 is 0 Å². The standard InChI is InChI=1S/C13H16FN3S/c1-9-12(7-15)18-13(16-9)17(2)8-10-5-3-4-6-11(10)14/h3-6H,7-8,15H2,1-2H3. The minimum Gasteiger partial charge on any atom is -0.347 e. The number of nitrogens with zero attached hydrogens (tertiary/aromatic N) is 2. The second kappa shape index (κ2) is 5.46. The van der Waals surface area contributed by atoms with Gasteiger partial charge < -0.3 is 10.6 Å². The quantitative estimate of drug-likeness (QED) is 0.924. The van der Waals surface area contributed by atoms with Gasteiger partial charge in [0.1, 0.15) is 5.82 Å². The Morgan fingerprint density at radius 2 is 2.11 bits per heavy atom. The van der Waals surface area contributed by atoms with E-state index in [1.54, 1.807) is 23.5 Å². The van der Waals surface area contributed by atoms with E-state index < -0.39 is 0 Å². The monoisotopic (exact) mass is 265 g/mol. The van der Waals surface area contributed by atoms with Crippen LogP contribution in [0.3, 0.4) is 0 Å². The maximum Gasteiger partial charge on any atom is 0.185 e. The molecule has 3 nitrogen and oxygen atoms in total. The van der Waals surface area contributed by atoms with Crippen molar-refractivity contribution in [2.24, 2.45) is 5.73 Å². The zero-order valence-electron chi connectivity index (χ0n) is 10.5. The molecule has 1 heterocycles. The molecule has 0 aliphatic rings. The number of nitrogens with two attached hydrogens (primary N) is 1. The van der Waals surface area contributed by atoms with Crippen LogP contribution >= 0.6 is 11.3 Å². The Bertz CT molecular complexity index is 539. The Labute approximate surface area is 110 Å². The molecule has 5 heteroatoms. The average Bonchev–Trinajstić information content (AvgIpc) is 2.73. The van der Waals surface area contributed by atoms with Crippen molar-refractivity contribution >= 4 is 16.5 Å². The number of anilines is 1. The third kappa shape index (κ3) is 2.68. The largest absolute Gasteiger partial charge is 0.347 e. The Morgan fingerprint density at radius 1 is 1.39 bits per heavy atom. The van der Waals surface area contributed by atoms with Gasteiger partial charge in [0, 0.05) is 30.6 Å². The molecule has 0 unspecified atom stereocenters. The SMILES string of the molecule is Cc1nc(N(C)Cc2ccccc2F)sc1CN. The van der Waals surface area contributed by atoms with Gasteiger partial charge in [-0.2, -0.15) is 0 Å². The lowest BCUT2D eigenvalue weighted by molar-refractivity contribution is 0.608. The summed E-state index contributed by atoms with van der Waals surface area (Å²) in [6.07, 6.45) is 0. The Balaban J connectivity index is 2.16. The summed E-state index contributed by atoms with van der Waals surface area (Å²) < 4.78 is 13.6. The van der Waals surface area contributed by atoms with Gasteiger partial charge in [0.2, 0.25) is 0 Å². The highest BCUT2D eigenvalue weighted by atomic mass is 32.1. The maximum atomic E-state index is 13.6. The summed E-state index contributed by atoms with van der Waals surface area (Å²) in [5.41, 5.74) is 7.26. The highest BCUT2D eigenvalue weighted by molar-refractivity contribution is 7.15. The Kier molecular flexibility index (Phi) is 3.93. The predicted octanol–water partition coefficient (Wildman–Crippen LogP) is 2.69. The van der Waals surface area contributed by atoms with Crippen LogP contribution in [0.2, 0.25) is 0 Å². The fraction of sp³-hybridized carbons (Fsp3) is 0.308. The van der Waals surface area contributed by atoms with Gasteiger partial charge in [0.25, 0.3) is 0 Å². The molecule has 2 aromatic rings. The molecule has 0 spiro atoms. The molecule has 1 aromatic carbocycles. The first-order valence-corrected chi connectivity index (χ1v) is 6.54. The van der Waals surface area contributed by atoms with E-state index in [4.69, 9.17) is 5.73 Å². The van der Waals surface area contributed by atoms with Gasteiger partial charge in [-0.1, -0.05) is 18.2 Å². The number of benzene rings is 1. The fourth-order valence-corrected chi connectivity index (χ4v) is 2.62. The van der Waals surface area contributed by atoms with Crippen LogP contribution < -0.4 is 10.6 Å². The van der Waals surface area contributed by atoms with Crippen LogP contribution in [-0.2, 0) is 13.1 Å². The fourth-order valence-electron chi connectivity index (χ4n) is 1.72. The van der Waals surface area contributed by atoms with Crippen molar-refractivity contribution in [2.45, 2.75) is 20.0 Å². The number of aromatic nitrogens is 1. The van der Waals surface area contributed by atoms with E-state index in [2.05, 4.69) is 4.98 Å². The topological polar surface area (TPSA) is 42.2 Å². The van der Waals surface area contributed by atoms with Gasteiger partial charge in [0.15, 0.2) is 5.13 Å². The summed E-state index contributed by atoms with van der Waals surface area (Å²) in [5, 5.41) is 0.871. The van der Waals surface area contributed by atoms with Crippen LogP contribution in [0.25, 0.3) is 0 Å². The van der Waals surface area contributed by atoms with Crippen molar-refractivity contribution in [3.63, 3.8) is 0 Å². The van der Waals surface area contributed by atoms with Crippen LogP contribution in [-0.4, -0.2) is 12.0 Å². The first kappa shape index (κ1) is 13.0. The second-order valence-corrected chi connectivity index (χ2v) is 5.22. The highest BCUT2D eigenvalue weighted by Crippen LogP contribution is 2.26. The molecular weight excluding hydrogens is 249 g/mol. The van der Waals surface area contributed by atoms with Crippen LogP contribution in [0.5, 0.6) is 0 Å². The molecule has 0 aliphatic heterocycles. The number of hydrogen-bond acceptors (Lipinski definition) is 4. The molecule has 0 saturated carbocycles. The molecule has 0 amide bonds. The van der Waals surface area contributed by atoms with E-state index in [0.717, 1.165) is 15.7 Å². The molecule has 0 bridgehead atoms. The van der Waals surface area contributed by atoms with Crippen molar-refractivity contribution in [3.05, 3.63) is 46.2 Å². The number of hydrogen-bond donors (Lipinski definition) is 1. The number of thiazole rings is 1. The number of rotatable bonds is 4. The van der Waals surface area contributed by atoms with E-state index in [0.29, 0.717) is 18.7 Å². The van der Waals surface area contributed by atoms with Crippen molar-refractivity contribution in [1.29, 1.82) is 0 Å². The van der Waals surface area contributed by atoms with Crippen LogP contribution in [0.15, 0.2) is 24.3 Å². The van der Waals surface area contributed by atoms with Gasteiger partial charge in [-0.25, -0.2) is 9.37 Å². The summed E-state index contributed by atoms with van der Waals surface area (Å²) in [6.45, 7) is 2.94. The molecule has 0 atom stereocenters. The summed E-state index contributed by atoms with van der Waals surface area (Å²) in [4.78, 5) is 7.46. The third-order valence-electron chi connectivity index (χ3n) is 2.76. The zero-order valence-corrected chi connectivity index (χ0v) is 11.3. The molecule has 0 radical (unpaired) electrons. The highest BCUT2D eigenvalue weighted by Gasteiger charge is 2.12. The normalized spacial score (nSPS) is 10.7. The Morgan fingerprint density at radius 3 is 2.72 bits per heavy atom. The van der Waals surface area contributed by atoms with E-state index >= 15 is 0 Å². The first-order valence-electron chi connectivity index (χ1n) is 5.72. The van der Waals surface area contributed by atoms with Crippen molar-refractivity contribution in [3.8, 4) is 0 Å².